The molecular formula is C21H25N3O5. The van der Waals surface area contributed by atoms with E-state index < -0.39 is 17.7 Å². The predicted octanol–water partition coefficient (Wildman–Crippen LogP) is 2.91. The monoisotopic (exact) mass is 399 g/mol. The lowest BCUT2D eigenvalue weighted by atomic mass is 10.1. The molecule has 1 aromatic heterocycles. The average molecular weight is 399 g/mol. The summed E-state index contributed by atoms with van der Waals surface area (Å²) in [5.41, 5.74) is 0.830. The molecule has 0 saturated heterocycles. The van der Waals surface area contributed by atoms with Crippen molar-refractivity contribution in [2.45, 2.75) is 38.8 Å². The largest absolute Gasteiger partial charge is 0.454 e. The van der Waals surface area contributed by atoms with Gasteiger partial charge in [-0.15, -0.1) is 0 Å². The van der Waals surface area contributed by atoms with E-state index in [4.69, 9.17) is 14.2 Å². The smallest absolute Gasteiger partial charge is 0.408 e. The first-order chi connectivity index (χ1) is 13.7. The average Bonchev–Trinajstić information content (AvgIpc) is 3.13. The summed E-state index contributed by atoms with van der Waals surface area (Å²) in [6.07, 6.45) is 2.94. The molecule has 29 heavy (non-hydrogen) atoms. The lowest BCUT2D eigenvalue weighted by Gasteiger charge is -2.26. The van der Waals surface area contributed by atoms with E-state index in [0.717, 1.165) is 5.56 Å². The van der Waals surface area contributed by atoms with E-state index in [0.29, 0.717) is 23.6 Å². The Morgan fingerprint density at radius 1 is 1.17 bits per heavy atom. The first kappa shape index (κ1) is 20.4. The van der Waals surface area contributed by atoms with E-state index in [1.54, 1.807) is 70.5 Å². The van der Waals surface area contributed by atoms with Crippen molar-refractivity contribution < 1.29 is 23.8 Å². The van der Waals surface area contributed by atoms with Crippen LogP contribution in [0.2, 0.25) is 0 Å². The van der Waals surface area contributed by atoms with Crippen LogP contribution >= 0.6 is 0 Å². The molecule has 154 valence electrons. The highest BCUT2D eigenvalue weighted by Gasteiger charge is 2.28. The molecule has 1 atom stereocenters. The van der Waals surface area contributed by atoms with Crippen LogP contribution in [0.3, 0.4) is 0 Å². The van der Waals surface area contributed by atoms with E-state index in [1.807, 2.05) is 0 Å². The maximum Gasteiger partial charge on any atom is 0.408 e. The van der Waals surface area contributed by atoms with E-state index in [-0.39, 0.29) is 12.7 Å². The summed E-state index contributed by atoms with van der Waals surface area (Å²) in [4.78, 5) is 31.0. The number of nitrogens with one attached hydrogen (secondary N) is 1. The van der Waals surface area contributed by atoms with Gasteiger partial charge in [0, 0.05) is 37.6 Å². The van der Waals surface area contributed by atoms with Crippen LogP contribution in [0.25, 0.3) is 0 Å². The van der Waals surface area contributed by atoms with Crippen LogP contribution in [0.4, 0.5) is 10.5 Å². The first-order valence-electron chi connectivity index (χ1n) is 9.28. The molecule has 0 bridgehead atoms. The number of anilines is 1. The van der Waals surface area contributed by atoms with Crippen molar-refractivity contribution in [3.63, 3.8) is 0 Å². The van der Waals surface area contributed by atoms with Gasteiger partial charge in [-0.2, -0.15) is 0 Å². The van der Waals surface area contributed by atoms with Crippen molar-refractivity contribution in [3.8, 4) is 11.5 Å². The second kappa shape index (κ2) is 8.38. The number of fused-ring (bicyclic) bond motifs is 1. The van der Waals surface area contributed by atoms with Crippen LogP contribution < -0.4 is 19.7 Å². The molecule has 2 heterocycles. The van der Waals surface area contributed by atoms with Gasteiger partial charge in [0.15, 0.2) is 11.5 Å². The number of aromatic nitrogens is 1. The van der Waals surface area contributed by atoms with Crippen molar-refractivity contribution in [1.29, 1.82) is 0 Å². The molecule has 0 radical (unpaired) electrons. The highest BCUT2D eigenvalue weighted by Crippen LogP contribution is 2.35. The van der Waals surface area contributed by atoms with Crippen molar-refractivity contribution in [2.75, 3.05) is 18.7 Å². The molecule has 2 aromatic rings. The molecule has 1 aliphatic heterocycles. The second-order valence-electron chi connectivity index (χ2n) is 7.69. The third kappa shape index (κ3) is 5.37. The number of ether oxygens (including phenoxy) is 3. The van der Waals surface area contributed by atoms with Gasteiger partial charge in [-0.1, -0.05) is 0 Å². The Balaban J connectivity index is 1.79. The number of carbonyl (C=O) groups excluding carboxylic acids is 2. The Kier molecular flexibility index (Phi) is 5.91. The van der Waals surface area contributed by atoms with Crippen LogP contribution in [0.5, 0.6) is 11.5 Å². The molecule has 0 aliphatic carbocycles. The van der Waals surface area contributed by atoms with Gasteiger partial charge >= 0.3 is 6.09 Å². The molecule has 3 rings (SSSR count). The minimum Gasteiger partial charge on any atom is -0.454 e. The molecule has 0 saturated carbocycles. The highest BCUT2D eigenvalue weighted by atomic mass is 16.7. The molecule has 0 fully saturated rings. The maximum absolute atomic E-state index is 13.2. The van der Waals surface area contributed by atoms with Gasteiger partial charge in [0.25, 0.3) is 0 Å². The SMILES string of the molecule is CN(C(=O)C(Cc1ccncc1)NC(=O)OC(C)(C)C)c1ccc2c(c1)OCO2. The third-order valence-electron chi connectivity index (χ3n) is 4.25. The topological polar surface area (TPSA) is 90.0 Å². The molecule has 1 unspecified atom stereocenters. The number of nitrogens with zero attached hydrogens (tertiary/aromatic N) is 2. The molecule has 1 aliphatic rings. The fraction of sp³-hybridized carbons (Fsp3) is 0.381. The Morgan fingerprint density at radius 2 is 1.86 bits per heavy atom. The number of amides is 2. The van der Waals surface area contributed by atoms with Gasteiger partial charge < -0.3 is 24.4 Å². The van der Waals surface area contributed by atoms with E-state index in [2.05, 4.69) is 10.3 Å². The molecule has 8 heteroatoms. The quantitative estimate of drug-likeness (QED) is 0.832. The minimum absolute atomic E-state index is 0.154. The number of hydrogen-bond donors (Lipinski definition) is 1. The summed E-state index contributed by atoms with van der Waals surface area (Å²) in [6.45, 7) is 5.46. The number of pyridine rings is 1. The zero-order valence-corrected chi connectivity index (χ0v) is 17.0. The number of rotatable bonds is 5. The van der Waals surface area contributed by atoms with Crippen molar-refractivity contribution in [2.24, 2.45) is 0 Å². The van der Waals surface area contributed by atoms with Crippen LogP contribution in [-0.2, 0) is 16.0 Å². The van der Waals surface area contributed by atoms with Crippen LogP contribution in [-0.4, -0.2) is 42.5 Å². The number of benzene rings is 1. The summed E-state index contributed by atoms with van der Waals surface area (Å²) in [6, 6.07) is 8.04. The van der Waals surface area contributed by atoms with E-state index >= 15 is 0 Å². The number of alkyl carbamates (subject to hydrolysis) is 1. The Hall–Kier alpha value is -3.29. The Bertz CT molecular complexity index is 880. The number of hydrogen-bond acceptors (Lipinski definition) is 6. The molecule has 0 spiro atoms. The first-order valence-corrected chi connectivity index (χ1v) is 9.28. The minimum atomic E-state index is -0.817. The highest BCUT2D eigenvalue weighted by molar-refractivity contribution is 5.98. The van der Waals surface area contributed by atoms with E-state index in [1.165, 1.54) is 4.90 Å². The summed E-state index contributed by atoms with van der Waals surface area (Å²) < 4.78 is 16.0. The molecular weight excluding hydrogens is 374 g/mol. The summed E-state index contributed by atoms with van der Waals surface area (Å²) in [7, 11) is 1.65. The zero-order chi connectivity index (χ0) is 21.0. The molecule has 2 amide bonds. The Labute approximate surface area is 169 Å². The number of carbonyl (C=O) groups is 2. The number of likely N-dealkylation sites (N-methyl/N-ethyl adjacent to an activating group) is 1. The Morgan fingerprint density at radius 3 is 2.55 bits per heavy atom. The second-order valence-corrected chi connectivity index (χ2v) is 7.69. The van der Waals surface area contributed by atoms with E-state index in [9.17, 15) is 9.59 Å². The van der Waals surface area contributed by atoms with Gasteiger partial charge in [0.1, 0.15) is 11.6 Å². The van der Waals surface area contributed by atoms with Crippen LogP contribution in [0.1, 0.15) is 26.3 Å². The fourth-order valence-corrected chi connectivity index (χ4v) is 2.86. The molecule has 1 N–H and O–H groups in total. The van der Waals surface area contributed by atoms with Crippen LogP contribution in [0.15, 0.2) is 42.7 Å². The van der Waals surface area contributed by atoms with Gasteiger partial charge in [0.2, 0.25) is 12.7 Å². The zero-order valence-electron chi connectivity index (χ0n) is 17.0. The van der Waals surface area contributed by atoms with Crippen molar-refractivity contribution in [1.82, 2.24) is 10.3 Å². The summed E-state index contributed by atoms with van der Waals surface area (Å²) in [5.74, 6) is 0.925. The third-order valence-corrected chi connectivity index (χ3v) is 4.25. The lowest BCUT2D eigenvalue weighted by molar-refractivity contribution is -0.120. The van der Waals surface area contributed by atoms with Gasteiger partial charge in [-0.25, -0.2) is 4.79 Å². The van der Waals surface area contributed by atoms with Crippen molar-refractivity contribution in [3.05, 3.63) is 48.3 Å². The normalized spacial score (nSPS) is 13.5. The van der Waals surface area contributed by atoms with Gasteiger partial charge in [0.05, 0.1) is 0 Å². The summed E-state index contributed by atoms with van der Waals surface area (Å²) >= 11 is 0. The predicted molar refractivity (Wildman–Crippen MR) is 107 cm³/mol. The fourth-order valence-electron chi connectivity index (χ4n) is 2.86. The van der Waals surface area contributed by atoms with Crippen molar-refractivity contribution >= 4 is 17.7 Å². The maximum atomic E-state index is 13.2. The van der Waals surface area contributed by atoms with Gasteiger partial charge in [-0.3, -0.25) is 9.78 Å². The van der Waals surface area contributed by atoms with Gasteiger partial charge in [-0.05, 0) is 50.6 Å². The van der Waals surface area contributed by atoms with Crippen LogP contribution in [0, 0.1) is 0 Å². The summed E-state index contributed by atoms with van der Waals surface area (Å²) in [5, 5.41) is 2.70. The molecule has 8 nitrogen and oxygen atoms in total. The lowest BCUT2D eigenvalue weighted by Crippen LogP contribution is -2.50. The molecule has 1 aromatic carbocycles. The standard InChI is InChI=1S/C21H25N3O5/c1-21(2,3)29-20(26)23-16(11-14-7-9-22-10-8-14)19(25)24(4)15-5-6-17-18(12-15)28-13-27-17/h5-10,12,16H,11,13H2,1-4H3,(H,23,26).